The van der Waals surface area contributed by atoms with Gasteiger partial charge < -0.3 is 15.4 Å². The summed E-state index contributed by atoms with van der Waals surface area (Å²) < 4.78 is 21.1. The zero-order valence-corrected chi connectivity index (χ0v) is 15.6. The van der Waals surface area contributed by atoms with Gasteiger partial charge in [0.25, 0.3) is 0 Å². The van der Waals surface area contributed by atoms with Crippen molar-refractivity contribution in [1.29, 1.82) is 0 Å². The molecule has 4 aromatic rings. The number of ether oxygens (including phenoxy) is 1. The lowest BCUT2D eigenvalue weighted by Crippen LogP contribution is -2.29. The third kappa shape index (κ3) is 3.17. The first kappa shape index (κ1) is 17.6. The fraction of sp³-hybridized carbons (Fsp3) is 0.263. The second-order valence-corrected chi connectivity index (χ2v) is 6.79. The highest BCUT2D eigenvalue weighted by atomic mass is 19.1. The number of fused-ring (bicyclic) bond motifs is 1. The van der Waals surface area contributed by atoms with Crippen molar-refractivity contribution in [3.8, 4) is 28.4 Å². The molecule has 0 unspecified atom stereocenters. The van der Waals surface area contributed by atoms with Crippen molar-refractivity contribution in [1.82, 2.24) is 35.1 Å². The lowest BCUT2D eigenvalue weighted by molar-refractivity contribution is 0.342. The first-order valence-corrected chi connectivity index (χ1v) is 9.23. The van der Waals surface area contributed by atoms with Gasteiger partial charge in [0.2, 0.25) is 0 Å². The normalized spacial score (nSPS) is 19.0. The first-order chi connectivity index (χ1) is 14.2. The topological polar surface area (TPSA) is 105 Å². The third-order valence-corrected chi connectivity index (χ3v) is 4.93. The van der Waals surface area contributed by atoms with Crippen molar-refractivity contribution >= 4 is 11.5 Å². The van der Waals surface area contributed by atoms with Crippen LogP contribution in [0.5, 0.6) is 5.75 Å². The van der Waals surface area contributed by atoms with Gasteiger partial charge in [-0.1, -0.05) is 6.07 Å². The number of rotatable bonds is 5. The van der Waals surface area contributed by atoms with Crippen molar-refractivity contribution < 1.29 is 9.13 Å². The van der Waals surface area contributed by atoms with Crippen LogP contribution in [-0.2, 0) is 0 Å². The highest BCUT2D eigenvalue weighted by Crippen LogP contribution is 2.30. The number of imidazole rings is 1. The van der Waals surface area contributed by atoms with Gasteiger partial charge >= 0.3 is 0 Å². The van der Waals surface area contributed by atoms with E-state index in [1.165, 1.54) is 0 Å². The summed E-state index contributed by atoms with van der Waals surface area (Å²) in [6.45, 7) is 0.922. The maximum absolute atomic E-state index is 13.9. The molecule has 0 aliphatic carbocycles. The molecule has 1 aliphatic heterocycles. The molecule has 2 atom stereocenters. The van der Waals surface area contributed by atoms with E-state index in [1.807, 2.05) is 24.3 Å². The van der Waals surface area contributed by atoms with E-state index in [1.54, 1.807) is 30.2 Å². The minimum Gasteiger partial charge on any atom is -0.494 e. The van der Waals surface area contributed by atoms with Crippen molar-refractivity contribution in [3.05, 3.63) is 42.9 Å². The Balaban J connectivity index is 1.55. The maximum Gasteiger partial charge on any atom is 0.157 e. The van der Waals surface area contributed by atoms with Crippen LogP contribution in [0, 0.1) is 0 Å². The van der Waals surface area contributed by atoms with Crippen molar-refractivity contribution in [2.45, 2.75) is 12.2 Å². The lowest BCUT2D eigenvalue weighted by atomic mass is 10.2. The largest absolute Gasteiger partial charge is 0.494 e. The number of pyridine rings is 1. The second-order valence-electron chi connectivity index (χ2n) is 6.79. The van der Waals surface area contributed by atoms with Crippen LogP contribution in [0.15, 0.2) is 42.9 Å². The number of anilines is 1. The molecule has 1 saturated heterocycles. The Morgan fingerprint density at radius 1 is 1.28 bits per heavy atom. The molecule has 0 saturated carbocycles. The standard InChI is InChI=1S/C19H19FN8O/c1-29-16-5-18-22-10-15(28(18)27-19(16)11-6-23-24-7-11)13-3-2-4-17(25-13)26-14-9-21-8-12(14)20/h2-7,10,12,14,21H,8-9H2,1H3,(H,23,24)(H,25,26)/t12-,14-/m0/s1. The van der Waals surface area contributed by atoms with Crippen LogP contribution in [0.4, 0.5) is 10.2 Å². The fourth-order valence-corrected chi connectivity index (χ4v) is 3.45. The molecule has 0 aromatic carbocycles. The highest BCUT2D eigenvalue weighted by Gasteiger charge is 2.26. The minimum atomic E-state index is -0.942. The van der Waals surface area contributed by atoms with Gasteiger partial charge in [0.15, 0.2) is 11.4 Å². The maximum atomic E-state index is 13.9. The number of aromatic amines is 1. The first-order valence-electron chi connectivity index (χ1n) is 9.23. The Hall–Kier alpha value is -3.53. The summed E-state index contributed by atoms with van der Waals surface area (Å²) in [6.07, 6.45) is 4.20. The van der Waals surface area contributed by atoms with Crippen LogP contribution in [0.2, 0.25) is 0 Å². The highest BCUT2D eigenvalue weighted by molar-refractivity contribution is 5.69. The van der Waals surface area contributed by atoms with Gasteiger partial charge in [-0.15, -0.1) is 0 Å². The van der Waals surface area contributed by atoms with E-state index in [0.717, 1.165) is 11.3 Å². The molecule has 0 amide bonds. The number of methoxy groups -OCH3 is 1. The summed E-state index contributed by atoms with van der Waals surface area (Å²) in [5, 5.41) is 17.7. The van der Waals surface area contributed by atoms with E-state index in [9.17, 15) is 4.39 Å². The molecule has 9 nitrogen and oxygen atoms in total. The van der Waals surface area contributed by atoms with Gasteiger partial charge in [-0.3, -0.25) is 5.10 Å². The van der Waals surface area contributed by atoms with Crippen LogP contribution in [0.1, 0.15) is 0 Å². The molecule has 148 valence electrons. The lowest BCUT2D eigenvalue weighted by Gasteiger charge is -2.15. The Morgan fingerprint density at radius 3 is 2.97 bits per heavy atom. The van der Waals surface area contributed by atoms with Crippen LogP contribution in [0.25, 0.3) is 28.3 Å². The predicted octanol–water partition coefficient (Wildman–Crippen LogP) is 1.91. The predicted molar refractivity (Wildman–Crippen MR) is 106 cm³/mol. The molecule has 0 bridgehead atoms. The molecule has 0 spiro atoms. The zero-order chi connectivity index (χ0) is 19.8. The number of H-pyrrole nitrogens is 1. The second kappa shape index (κ2) is 7.13. The van der Waals surface area contributed by atoms with Crippen LogP contribution >= 0.6 is 0 Å². The number of nitrogens with one attached hydrogen (secondary N) is 3. The number of nitrogens with zero attached hydrogens (tertiary/aromatic N) is 5. The van der Waals surface area contributed by atoms with Gasteiger partial charge in [0.05, 0.1) is 31.2 Å². The molecular formula is C19H19FN8O. The van der Waals surface area contributed by atoms with Gasteiger partial charge in [-0.2, -0.15) is 10.2 Å². The van der Waals surface area contributed by atoms with E-state index >= 15 is 0 Å². The average molecular weight is 394 g/mol. The SMILES string of the molecule is COc1cc2ncc(-c3cccc(N[C@H]4CNC[C@@H]4F)n3)n2nc1-c1cn[nH]c1. The molecule has 1 aliphatic rings. The summed E-state index contributed by atoms with van der Waals surface area (Å²) >= 11 is 0. The Bertz CT molecular complexity index is 1140. The minimum absolute atomic E-state index is 0.296. The number of halogens is 1. The molecule has 5 rings (SSSR count). The summed E-state index contributed by atoms with van der Waals surface area (Å²) in [6, 6.07) is 7.09. The number of alkyl halides is 1. The quantitative estimate of drug-likeness (QED) is 0.475. The van der Waals surface area contributed by atoms with Crippen molar-refractivity contribution in [3.63, 3.8) is 0 Å². The van der Waals surface area contributed by atoms with E-state index in [2.05, 4.69) is 30.8 Å². The van der Waals surface area contributed by atoms with Crippen molar-refractivity contribution in [2.24, 2.45) is 0 Å². The summed E-state index contributed by atoms with van der Waals surface area (Å²) in [4.78, 5) is 9.08. The third-order valence-electron chi connectivity index (χ3n) is 4.93. The van der Waals surface area contributed by atoms with Gasteiger partial charge in [-0.25, -0.2) is 18.9 Å². The van der Waals surface area contributed by atoms with Crippen LogP contribution < -0.4 is 15.4 Å². The average Bonchev–Trinajstić information content (AvgIpc) is 3.49. The summed E-state index contributed by atoms with van der Waals surface area (Å²) in [5.41, 5.74) is 3.47. The molecule has 4 aromatic heterocycles. The smallest absolute Gasteiger partial charge is 0.157 e. The van der Waals surface area contributed by atoms with Gasteiger partial charge in [0.1, 0.15) is 23.4 Å². The van der Waals surface area contributed by atoms with Crippen LogP contribution in [0.3, 0.4) is 0 Å². The summed E-state index contributed by atoms with van der Waals surface area (Å²) in [5.74, 6) is 1.21. The zero-order valence-electron chi connectivity index (χ0n) is 15.6. The number of hydrogen-bond donors (Lipinski definition) is 3. The molecule has 0 radical (unpaired) electrons. The van der Waals surface area contributed by atoms with Gasteiger partial charge in [-0.05, 0) is 12.1 Å². The fourth-order valence-electron chi connectivity index (χ4n) is 3.45. The summed E-state index contributed by atoms with van der Waals surface area (Å²) in [7, 11) is 1.59. The monoisotopic (exact) mass is 394 g/mol. The van der Waals surface area contributed by atoms with E-state index in [4.69, 9.17) is 9.84 Å². The molecule has 5 heterocycles. The molecule has 10 heteroatoms. The molecule has 1 fully saturated rings. The Kier molecular flexibility index (Phi) is 4.32. The number of hydrogen-bond acceptors (Lipinski definition) is 7. The van der Waals surface area contributed by atoms with Crippen molar-refractivity contribution in [2.75, 3.05) is 25.5 Å². The Labute approximate surface area is 165 Å². The van der Waals surface area contributed by atoms with Gasteiger partial charge in [0, 0.05) is 30.9 Å². The molecular weight excluding hydrogens is 375 g/mol. The van der Waals surface area contributed by atoms with E-state index < -0.39 is 6.17 Å². The molecule has 3 N–H and O–H groups in total. The number of aromatic nitrogens is 6. The van der Waals surface area contributed by atoms with Crippen LogP contribution in [-0.4, -0.2) is 62.2 Å². The molecule has 29 heavy (non-hydrogen) atoms. The van der Waals surface area contributed by atoms with E-state index in [0.29, 0.717) is 41.7 Å². The van der Waals surface area contributed by atoms with E-state index in [-0.39, 0.29) is 6.04 Å². The Morgan fingerprint density at radius 2 is 2.21 bits per heavy atom.